The van der Waals surface area contributed by atoms with Gasteiger partial charge < -0.3 is 4.74 Å². The fourth-order valence-corrected chi connectivity index (χ4v) is 3.57. The zero-order chi connectivity index (χ0) is 17.9. The molecule has 1 saturated heterocycles. The molecule has 0 spiro atoms. The summed E-state index contributed by atoms with van der Waals surface area (Å²) in [5.41, 5.74) is 2.41. The van der Waals surface area contributed by atoms with E-state index >= 15 is 0 Å². The van der Waals surface area contributed by atoms with E-state index < -0.39 is 10.0 Å². The van der Waals surface area contributed by atoms with Crippen LogP contribution >= 0.6 is 0 Å². The van der Waals surface area contributed by atoms with Crippen molar-refractivity contribution in [1.29, 1.82) is 5.26 Å². The fourth-order valence-electron chi connectivity index (χ4n) is 2.33. The first-order chi connectivity index (χ1) is 12.0. The molecule has 0 unspecified atom stereocenters. The van der Waals surface area contributed by atoms with Crippen molar-refractivity contribution < 1.29 is 13.2 Å². The quantitative estimate of drug-likeness (QED) is 0.822. The summed E-state index contributed by atoms with van der Waals surface area (Å²) >= 11 is 0. The smallest absolute Gasteiger partial charge is 0.236 e. The van der Waals surface area contributed by atoms with Crippen LogP contribution in [0.3, 0.4) is 0 Å². The standard InChI is InChI=1S/C18H17N3O3S/c1-14-2-4-15(5-3-14)7-9-25(22,23)21-12-17(13-21)24-18-10-16(11-19)6-8-20-18/h2-10,17H,12-13H2,1H3/b9-7+. The third-order valence-electron chi connectivity index (χ3n) is 3.84. The molecule has 0 aliphatic carbocycles. The number of aryl methyl sites for hydroxylation is 1. The molecule has 0 atom stereocenters. The second-order valence-electron chi connectivity index (χ2n) is 5.81. The number of hydrogen-bond donors (Lipinski definition) is 0. The predicted octanol–water partition coefficient (Wildman–Crippen LogP) is 2.33. The van der Waals surface area contributed by atoms with Gasteiger partial charge in [0, 0.05) is 17.7 Å². The number of nitriles is 1. The third-order valence-corrected chi connectivity index (χ3v) is 5.33. The lowest BCUT2D eigenvalue weighted by atomic mass is 10.2. The van der Waals surface area contributed by atoms with Crippen molar-refractivity contribution in [2.24, 2.45) is 0 Å². The maximum atomic E-state index is 12.3. The highest BCUT2D eigenvalue weighted by Gasteiger charge is 2.36. The van der Waals surface area contributed by atoms with Gasteiger partial charge in [-0.3, -0.25) is 0 Å². The summed E-state index contributed by atoms with van der Waals surface area (Å²) in [4.78, 5) is 4.02. The van der Waals surface area contributed by atoms with Crippen molar-refractivity contribution in [3.63, 3.8) is 0 Å². The maximum Gasteiger partial charge on any atom is 0.236 e. The second-order valence-corrected chi connectivity index (χ2v) is 7.63. The van der Waals surface area contributed by atoms with E-state index in [1.54, 1.807) is 12.1 Å². The second kappa shape index (κ2) is 7.05. The van der Waals surface area contributed by atoms with Gasteiger partial charge in [-0.1, -0.05) is 29.8 Å². The van der Waals surface area contributed by atoms with Crippen LogP contribution in [0, 0.1) is 18.3 Å². The first-order valence-electron chi connectivity index (χ1n) is 7.74. The summed E-state index contributed by atoms with van der Waals surface area (Å²) < 4.78 is 31.5. The molecular formula is C18H17N3O3S. The van der Waals surface area contributed by atoms with Crippen LogP contribution < -0.4 is 4.74 Å². The van der Waals surface area contributed by atoms with Crippen LogP contribution in [-0.2, 0) is 10.0 Å². The molecule has 1 aliphatic rings. The SMILES string of the molecule is Cc1ccc(/C=C/S(=O)(=O)N2CC(Oc3cc(C#N)ccn3)C2)cc1. The summed E-state index contributed by atoms with van der Waals surface area (Å²) in [6.45, 7) is 2.50. The van der Waals surface area contributed by atoms with Crippen LogP contribution in [0.2, 0.25) is 0 Å². The number of sulfonamides is 1. The molecule has 0 radical (unpaired) electrons. The number of hydrogen-bond acceptors (Lipinski definition) is 5. The summed E-state index contributed by atoms with van der Waals surface area (Å²) in [5, 5.41) is 10.1. The Kier molecular flexibility index (Phi) is 4.83. The first-order valence-corrected chi connectivity index (χ1v) is 9.24. The minimum absolute atomic E-state index is 0.260. The Bertz CT molecular complexity index is 925. The Morgan fingerprint density at radius 2 is 2.00 bits per heavy atom. The molecule has 6 nitrogen and oxygen atoms in total. The molecular weight excluding hydrogens is 338 g/mol. The highest BCUT2D eigenvalue weighted by atomic mass is 32.2. The normalized spacial score (nSPS) is 15.7. The van der Waals surface area contributed by atoms with Crippen LogP contribution in [0.15, 0.2) is 48.0 Å². The average molecular weight is 355 g/mol. The number of nitrogens with zero attached hydrogens (tertiary/aromatic N) is 3. The average Bonchev–Trinajstić information content (AvgIpc) is 2.57. The fraction of sp³-hybridized carbons (Fsp3) is 0.222. The van der Waals surface area contributed by atoms with Gasteiger partial charge >= 0.3 is 0 Å². The van der Waals surface area contributed by atoms with Crippen molar-refractivity contribution >= 4 is 16.1 Å². The highest BCUT2D eigenvalue weighted by Crippen LogP contribution is 2.21. The molecule has 25 heavy (non-hydrogen) atoms. The van der Waals surface area contributed by atoms with Crippen LogP contribution in [0.5, 0.6) is 5.88 Å². The Morgan fingerprint density at radius 1 is 1.28 bits per heavy atom. The van der Waals surface area contributed by atoms with Crippen molar-refractivity contribution in [2.45, 2.75) is 13.0 Å². The molecule has 0 N–H and O–H groups in total. The molecule has 1 aliphatic heterocycles. The van der Waals surface area contributed by atoms with E-state index in [0.29, 0.717) is 11.4 Å². The van der Waals surface area contributed by atoms with Crippen molar-refractivity contribution in [1.82, 2.24) is 9.29 Å². The van der Waals surface area contributed by atoms with E-state index in [4.69, 9.17) is 10.00 Å². The molecule has 1 aromatic carbocycles. The number of pyridine rings is 1. The summed E-state index contributed by atoms with van der Waals surface area (Å²) in [7, 11) is -3.47. The van der Waals surface area contributed by atoms with E-state index in [1.165, 1.54) is 22.0 Å². The molecule has 7 heteroatoms. The van der Waals surface area contributed by atoms with E-state index in [-0.39, 0.29) is 19.2 Å². The summed E-state index contributed by atoms with van der Waals surface area (Å²) in [5.74, 6) is 0.330. The van der Waals surface area contributed by atoms with E-state index in [1.807, 2.05) is 37.3 Å². The summed E-state index contributed by atoms with van der Waals surface area (Å²) in [6.07, 6.45) is 2.82. The van der Waals surface area contributed by atoms with Crippen molar-refractivity contribution in [3.05, 3.63) is 64.7 Å². The van der Waals surface area contributed by atoms with Gasteiger partial charge in [-0.25, -0.2) is 13.4 Å². The van der Waals surface area contributed by atoms with E-state index in [2.05, 4.69) is 4.98 Å². The van der Waals surface area contributed by atoms with E-state index in [0.717, 1.165) is 11.1 Å². The zero-order valence-electron chi connectivity index (χ0n) is 13.7. The van der Waals surface area contributed by atoms with Crippen LogP contribution in [-0.4, -0.2) is 36.9 Å². The van der Waals surface area contributed by atoms with E-state index in [9.17, 15) is 8.42 Å². The lowest BCUT2D eigenvalue weighted by Gasteiger charge is -2.36. The third kappa shape index (κ3) is 4.24. The van der Waals surface area contributed by atoms with Gasteiger partial charge in [0.1, 0.15) is 6.10 Å². The predicted molar refractivity (Wildman–Crippen MR) is 94.1 cm³/mol. The Labute approximate surface area is 147 Å². The molecule has 3 rings (SSSR count). The van der Waals surface area contributed by atoms with Crippen LogP contribution in [0.4, 0.5) is 0 Å². The van der Waals surface area contributed by atoms with Gasteiger partial charge in [-0.05, 0) is 24.6 Å². The van der Waals surface area contributed by atoms with Crippen molar-refractivity contribution in [3.8, 4) is 11.9 Å². The number of rotatable bonds is 5. The monoisotopic (exact) mass is 355 g/mol. The Hall–Kier alpha value is -2.69. The van der Waals surface area contributed by atoms with Crippen LogP contribution in [0.1, 0.15) is 16.7 Å². The molecule has 2 heterocycles. The van der Waals surface area contributed by atoms with Gasteiger partial charge in [0.15, 0.2) is 0 Å². The Morgan fingerprint density at radius 3 is 2.68 bits per heavy atom. The zero-order valence-corrected chi connectivity index (χ0v) is 14.5. The van der Waals surface area contributed by atoms with Gasteiger partial charge in [-0.2, -0.15) is 9.57 Å². The minimum Gasteiger partial charge on any atom is -0.471 e. The molecule has 0 bridgehead atoms. The number of ether oxygens (including phenoxy) is 1. The highest BCUT2D eigenvalue weighted by molar-refractivity contribution is 7.92. The van der Waals surface area contributed by atoms with Crippen molar-refractivity contribution in [2.75, 3.05) is 13.1 Å². The molecule has 1 fully saturated rings. The van der Waals surface area contributed by atoms with Gasteiger partial charge in [0.05, 0.1) is 24.7 Å². The minimum atomic E-state index is -3.47. The van der Waals surface area contributed by atoms with Gasteiger partial charge in [0.25, 0.3) is 0 Å². The molecule has 0 saturated carbocycles. The number of aromatic nitrogens is 1. The lowest BCUT2D eigenvalue weighted by molar-refractivity contribution is 0.0730. The molecule has 128 valence electrons. The van der Waals surface area contributed by atoms with Gasteiger partial charge in [0.2, 0.25) is 15.9 Å². The molecule has 0 amide bonds. The first kappa shape index (κ1) is 17.1. The Balaban J connectivity index is 1.57. The summed E-state index contributed by atoms with van der Waals surface area (Å²) in [6, 6.07) is 12.7. The van der Waals surface area contributed by atoms with Gasteiger partial charge in [-0.15, -0.1) is 0 Å². The number of benzene rings is 1. The maximum absolute atomic E-state index is 12.3. The topological polar surface area (TPSA) is 83.3 Å². The molecule has 1 aromatic heterocycles. The van der Waals surface area contributed by atoms with Crippen LogP contribution in [0.25, 0.3) is 6.08 Å². The lowest BCUT2D eigenvalue weighted by Crippen LogP contribution is -2.55. The largest absolute Gasteiger partial charge is 0.471 e. The molecule has 2 aromatic rings.